The number of carboxylic acid groups (broad SMARTS) is 1. The van der Waals surface area contributed by atoms with Crippen LogP contribution in [-0.2, 0) is 0 Å². The average molecular weight is 311 g/mol. The molecule has 1 saturated carbocycles. The molecule has 0 saturated heterocycles. The summed E-state index contributed by atoms with van der Waals surface area (Å²) >= 11 is 1.25. The van der Waals surface area contributed by atoms with E-state index in [1.807, 2.05) is 11.8 Å². The molecule has 1 atom stereocenters. The predicted octanol–water partition coefficient (Wildman–Crippen LogP) is 2.73. The third kappa shape index (κ3) is 4.17. The fraction of sp³-hybridized carbons (Fsp3) is 0.643. The number of thiazole rings is 1. The van der Waals surface area contributed by atoms with Crippen LogP contribution in [0.1, 0.15) is 55.2 Å². The summed E-state index contributed by atoms with van der Waals surface area (Å²) in [5.41, 5.74) is 0.0253. The maximum atomic E-state index is 12.4. The molecule has 116 valence electrons. The van der Waals surface area contributed by atoms with E-state index in [1.165, 1.54) is 16.7 Å². The van der Waals surface area contributed by atoms with Gasteiger partial charge in [-0.1, -0.05) is 13.8 Å². The fourth-order valence-electron chi connectivity index (χ4n) is 2.09. The number of urea groups is 1. The van der Waals surface area contributed by atoms with Gasteiger partial charge in [-0.2, -0.15) is 0 Å². The predicted molar refractivity (Wildman–Crippen MR) is 80.6 cm³/mol. The van der Waals surface area contributed by atoms with Crippen LogP contribution < -0.4 is 5.32 Å². The van der Waals surface area contributed by atoms with Crippen molar-refractivity contribution in [3.8, 4) is 0 Å². The molecular weight excluding hydrogens is 290 g/mol. The molecule has 1 fully saturated rings. The summed E-state index contributed by atoms with van der Waals surface area (Å²) in [4.78, 5) is 29.1. The lowest BCUT2D eigenvalue weighted by molar-refractivity contribution is 0.0691. The van der Waals surface area contributed by atoms with Gasteiger partial charge in [-0.05, 0) is 25.7 Å². The van der Waals surface area contributed by atoms with Gasteiger partial charge in [0.05, 0.1) is 6.04 Å². The van der Waals surface area contributed by atoms with Crippen molar-refractivity contribution in [3.05, 3.63) is 16.1 Å². The molecule has 7 heteroatoms. The van der Waals surface area contributed by atoms with Crippen molar-refractivity contribution in [2.75, 3.05) is 6.54 Å². The second kappa shape index (κ2) is 6.43. The van der Waals surface area contributed by atoms with Crippen molar-refractivity contribution >= 4 is 23.3 Å². The van der Waals surface area contributed by atoms with Gasteiger partial charge in [0, 0.05) is 18.0 Å². The van der Waals surface area contributed by atoms with E-state index in [2.05, 4.69) is 24.1 Å². The molecule has 1 heterocycles. The Hall–Kier alpha value is -1.63. The summed E-state index contributed by atoms with van der Waals surface area (Å²) in [7, 11) is 0. The molecule has 0 aromatic carbocycles. The number of amides is 2. The molecule has 1 aromatic heterocycles. The van der Waals surface area contributed by atoms with Gasteiger partial charge in [-0.3, -0.25) is 0 Å². The second-order valence-electron chi connectivity index (χ2n) is 5.82. The number of nitrogens with zero attached hydrogens (tertiary/aromatic N) is 2. The Bertz CT molecular complexity index is 525. The minimum Gasteiger partial charge on any atom is -0.476 e. The number of aromatic carboxylic acids is 1. The molecule has 1 aromatic rings. The Kier molecular flexibility index (Phi) is 4.82. The van der Waals surface area contributed by atoms with Gasteiger partial charge < -0.3 is 15.3 Å². The van der Waals surface area contributed by atoms with E-state index in [4.69, 9.17) is 5.11 Å². The summed E-state index contributed by atoms with van der Waals surface area (Å²) in [6.07, 6.45) is 2.13. The molecule has 2 rings (SSSR count). The highest BCUT2D eigenvalue weighted by atomic mass is 32.1. The van der Waals surface area contributed by atoms with E-state index < -0.39 is 5.97 Å². The molecule has 0 aliphatic heterocycles. The van der Waals surface area contributed by atoms with Crippen molar-refractivity contribution in [2.45, 2.75) is 45.7 Å². The highest BCUT2D eigenvalue weighted by Crippen LogP contribution is 2.28. The third-order valence-corrected chi connectivity index (χ3v) is 4.29. The van der Waals surface area contributed by atoms with Crippen LogP contribution in [0.3, 0.4) is 0 Å². The number of carboxylic acids is 1. The lowest BCUT2D eigenvalue weighted by Crippen LogP contribution is -2.44. The first-order valence-corrected chi connectivity index (χ1v) is 8.02. The summed E-state index contributed by atoms with van der Waals surface area (Å²) < 4.78 is 0. The SMILES string of the molecule is CC(C)CN(C(=O)NC(C)c1nc(C(=O)O)cs1)C1CC1. The molecule has 2 amide bonds. The van der Waals surface area contributed by atoms with Crippen LogP contribution >= 0.6 is 11.3 Å². The summed E-state index contributed by atoms with van der Waals surface area (Å²) in [6.45, 7) is 6.74. The van der Waals surface area contributed by atoms with E-state index in [9.17, 15) is 9.59 Å². The normalized spacial score (nSPS) is 15.8. The zero-order chi connectivity index (χ0) is 15.6. The summed E-state index contributed by atoms with van der Waals surface area (Å²) in [5, 5.41) is 13.9. The largest absolute Gasteiger partial charge is 0.476 e. The number of aromatic nitrogens is 1. The van der Waals surface area contributed by atoms with Crippen molar-refractivity contribution in [1.82, 2.24) is 15.2 Å². The van der Waals surface area contributed by atoms with Crippen molar-refractivity contribution in [2.24, 2.45) is 5.92 Å². The number of rotatable bonds is 6. The van der Waals surface area contributed by atoms with Gasteiger partial charge in [-0.25, -0.2) is 14.6 Å². The van der Waals surface area contributed by atoms with Crippen LogP contribution in [0.15, 0.2) is 5.38 Å². The number of hydrogen-bond acceptors (Lipinski definition) is 4. The molecule has 0 bridgehead atoms. The molecule has 0 spiro atoms. The maximum Gasteiger partial charge on any atom is 0.355 e. The molecule has 1 unspecified atom stereocenters. The quantitative estimate of drug-likeness (QED) is 0.846. The van der Waals surface area contributed by atoms with Crippen LogP contribution in [-0.4, -0.2) is 39.6 Å². The fourth-order valence-corrected chi connectivity index (χ4v) is 2.89. The molecule has 1 aliphatic carbocycles. The van der Waals surface area contributed by atoms with Crippen LogP contribution in [0, 0.1) is 5.92 Å². The monoisotopic (exact) mass is 311 g/mol. The minimum absolute atomic E-state index is 0.0253. The maximum absolute atomic E-state index is 12.4. The van der Waals surface area contributed by atoms with Gasteiger partial charge in [0.1, 0.15) is 5.01 Å². The van der Waals surface area contributed by atoms with Gasteiger partial charge >= 0.3 is 12.0 Å². The van der Waals surface area contributed by atoms with Crippen molar-refractivity contribution < 1.29 is 14.7 Å². The van der Waals surface area contributed by atoms with Crippen LogP contribution in [0.2, 0.25) is 0 Å². The van der Waals surface area contributed by atoms with Crippen LogP contribution in [0.5, 0.6) is 0 Å². The third-order valence-electron chi connectivity index (χ3n) is 3.26. The first-order chi connectivity index (χ1) is 9.88. The van der Waals surface area contributed by atoms with Gasteiger partial charge in [0.15, 0.2) is 5.69 Å². The van der Waals surface area contributed by atoms with Crippen LogP contribution in [0.25, 0.3) is 0 Å². The van der Waals surface area contributed by atoms with E-state index in [-0.39, 0.29) is 17.8 Å². The van der Waals surface area contributed by atoms with E-state index in [0.29, 0.717) is 17.0 Å². The molecule has 0 radical (unpaired) electrons. The zero-order valence-corrected chi connectivity index (χ0v) is 13.3. The van der Waals surface area contributed by atoms with Gasteiger partial charge in [0.25, 0.3) is 0 Å². The Labute approximate surface area is 128 Å². The zero-order valence-electron chi connectivity index (χ0n) is 12.5. The first kappa shape index (κ1) is 15.8. The molecule has 2 N–H and O–H groups in total. The van der Waals surface area contributed by atoms with Gasteiger partial charge in [0.2, 0.25) is 0 Å². The van der Waals surface area contributed by atoms with E-state index in [0.717, 1.165) is 19.4 Å². The average Bonchev–Trinajstić information content (AvgIpc) is 3.10. The molecule has 6 nitrogen and oxygen atoms in total. The Morgan fingerprint density at radius 3 is 2.62 bits per heavy atom. The van der Waals surface area contributed by atoms with Crippen LogP contribution in [0.4, 0.5) is 4.79 Å². The first-order valence-electron chi connectivity index (χ1n) is 7.14. The smallest absolute Gasteiger partial charge is 0.355 e. The number of hydrogen-bond donors (Lipinski definition) is 2. The Morgan fingerprint density at radius 1 is 1.48 bits per heavy atom. The number of nitrogens with one attached hydrogen (secondary N) is 1. The van der Waals surface area contributed by atoms with Crippen molar-refractivity contribution in [3.63, 3.8) is 0 Å². The lowest BCUT2D eigenvalue weighted by Gasteiger charge is -2.26. The molecular formula is C14H21N3O3S. The number of carbonyl (C=O) groups excluding carboxylic acids is 1. The topological polar surface area (TPSA) is 82.5 Å². The van der Waals surface area contributed by atoms with Crippen molar-refractivity contribution in [1.29, 1.82) is 0 Å². The molecule has 21 heavy (non-hydrogen) atoms. The summed E-state index contributed by atoms with van der Waals surface area (Å²) in [5.74, 6) is -0.624. The Morgan fingerprint density at radius 2 is 2.14 bits per heavy atom. The molecule has 1 aliphatic rings. The second-order valence-corrected chi connectivity index (χ2v) is 6.71. The van der Waals surface area contributed by atoms with E-state index >= 15 is 0 Å². The van der Waals surface area contributed by atoms with Gasteiger partial charge in [-0.15, -0.1) is 11.3 Å². The Balaban J connectivity index is 1.97. The highest BCUT2D eigenvalue weighted by molar-refractivity contribution is 7.09. The standard InChI is InChI=1S/C14H21N3O3S/c1-8(2)6-17(10-4-5-10)14(20)15-9(3)12-16-11(7-21-12)13(18)19/h7-10H,4-6H2,1-3H3,(H,15,20)(H,18,19). The highest BCUT2D eigenvalue weighted by Gasteiger charge is 2.33. The number of carbonyl (C=O) groups is 2. The lowest BCUT2D eigenvalue weighted by atomic mass is 10.2. The summed E-state index contributed by atoms with van der Waals surface area (Å²) in [6, 6.07) is -0.0275. The minimum atomic E-state index is -1.05. The van der Waals surface area contributed by atoms with E-state index in [1.54, 1.807) is 0 Å².